The van der Waals surface area contributed by atoms with Crippen molar-refractivity contribution in [3.8, 4) is 11.8 Å². The summed E-state index contributed by atoms with van der Waals surface area (Å²) >= 11 is 1.89. The minimum Gasteiger partial charge on any atom is -0.265 e. The van der Waals surface area contributed by atoms with Gasteiger partial charge in [-0.3, -0.25) is 4.99 Å². The molecule has 0 spiro atoms. The van der Waals surface area contributed by atoms with Crippen molar-refractivity contribution in [2.45, 2.75) is 37.0 Å². The van der Waals surface area contributed by atoms with E-state index in [0.717, 1.165) is 10.6 Å². The molecule has 2 atom stereocenters. The van der Waals surface area contributed by atoms with Crippen LogP contribution in [0, 0.1) is 11.8 Å². The van der Waals surface area contributed by atoms with Gasteiger partial charge in [-0.1, -0.05) is 48.7 Å². The summed E-state index contributed by atoms with van der Waals surface area (Å²) in [4.78, 5) is 4.73. The molecule has 1 nitrogen and oxygen atoms in total. The number of hydrogen-bond donors (Lipinski definition) is 0. The summed E-state index contributed by atoms with van der Waals surface area (Å²) in [6.07, 6.45) is 5.28. The molecule has 1 aromatic carbocycles. The van der Waals surface area contributed by atoms with E-state index < -0.39 is 0 Å². The van der Waals surface area contributed by atoms with Crippen LogP contribution in [0.1, 0.15) is 31.2 Å². The number of rotatable bonds is 0. The Morgan fingerprint density at radius 2 is 1.88 bits per heavy atom. The molecule has 1 fully saturated rings. The fraction of sp³-hybridized carbons (Fsp3) is 0.400. The van der Waals surface area contributed by atoms with Crippen LogP contribution < -0.4 is 0 Å². The third-order valence-corrected chi connectivity index (χ3v) is 4.58. The van der Waals surface area contributed by atoms with E-state index in [1.807, 2.05) is 42.1 Å². The molecule has 86 valence electrons. The van der Waals surface area contributed by atoms with Crippen LogP contribution in [0.5, 0.6) is 0 Å². The minimum absolute atomic E-state index is 0.550. The van der Waals surface area contributed by atoms with Crippen LogP contribution in [0.2, 0.25) is 0 Å². The van der Waals surface area contributed by atoms with Crippen molar-refractivity contribution in [2.24, 2.45) is 4.99 Å². The van der Waals surface area contributed by atoms with Crippen LogP contribution in [-0.4, -0.2) is 16.3 Å². The van der Waals surface area contributed by atoms with Gasteiger partial charge in [0.05, 0.1) is 6.04 Å². The molecule has 1 aliphatic carbocycles. The number of nitrogens with zero attached hydrogens (tertiary/aromatic N) is 1. The van der Waals surface area contributed by atoms with Crippen molar-refractivity contribution in [1.29, 1.82) is 0 Å². The van der Waals surface area contributed by atoms with Gasteiger partial charge in [0.2, 0.25) is 0 Å². The summed E-state index contributed by atoms with van der Waals surface area (Å²) in [6.45, 7) is 0. The molecule has 0 saturated heterocycles. The lowest BCUT2D eigenvalue weighted by atomic mass is 9.95. The highest BCUT2D eigenvalue weighted by Gasteiger charge is 2.31. The van der Waals surface area contributed by atoms with Gasteiger partial charge < -0.3 is 0 Å². The van der Waals surface area contributed by atoms with Crippen molar-refractivity contribution in [3.05, 3.63) is 35.9 Å². The van der Waals surface area contributed by atoms with E-state index in [2.05, 4.69) is 11.8 Å². The van der Waals surface area contributed by atoms with E-state index in [0.29, 0.717) is 11.3 Å². The highest BCUT2D eigenvalue weighted by Crippen LogP contribution is 2.36. The predicted molar refractivity (Wildman–Crippen MR) is 74.4 cm³/mol. The quantitative estimate of drug-likeness (QED) is 0.633. The molecule has 1 aliphatic heterocycles. The second-order valence-corrected chi connectivity index (χ2v) is 5.79. The lowest BCUT2D eigenvalue weighted by Gasteiger charge is -2.21. The molecule has 1 heterocycles. The number of hydrogen-bond acceptors (Lipinski definition) is 2. The highest BCUT2D eigenvalue weighted by atomic mass is 32.2. The van der Waals surface area contributed by atoms with E-state index in [9.17, 15) is 0 Å². The fourth-order valence-electron chi connectivity index (χ4n) is 2.40. The van der Waals surface area contributed by atoms with Gasteiger partial charge in [0, 0.05) is 10.8 Å². The second-order valence-electron chi connectivity index (χ2n) is 4.56. The molecule has 1 aromatic rings. The minimum atomic E-state index is 0.550. The number of benzene rings is 1. The summed E-state index contributed by atoms with van der Waals surface area (Å²) in [5.74, 6) is 6.41. The largest absolute Gasteiger partial charge is 0.265 e. The molecule has 0 aromatic heterocycles. The van der Waals surface area contributed by atoms with Gasteiger partial charge >= 0.3 is 0 Å². The van der Waals surface area contributed by atoms with Gasteiger partial charge in [-0.2, -0.15) is 0 Å². The van der Waals surface area contributed by atoms with Gasteiger partial charge in [-0.15, -0.1) is 0 Å². The van der Waals surface area contributed by atoms with E-state index in [1.54, 1.807) is 0 Å². The van der Waals surface area contributed by atoms with Gasteiger partial charge in [0.25, 0.3) is 0 Å². The van der Waals surface area contributed by atoms with Crippen molar-refractivity contribution >= 4 is 16.8 Å². The molecular formula is C15H15NS. The molecule has 0 bridgehead atoms. The van der Waals surface area contributed by atoms with Crippen LogP contribution in [0.3, 0.4) is 0 Å². The van der Waals surface area contributed by atoms with E-state index in [-0.39, 0.29) is 0 Å². The molecular weight excluding hydrogens is 226 g/mol. The molecule has 2 aliphatic rings. The Morgan fingerprint density at radius 3 is 2.71 bits per heavy atom. The zero-order valence-corrected chi connectivity index (χ0v) is 10.5. The molecule has 1 saturated carbocycles. The lowest BCUT2D eigenvalue weighted by molar-refractivity contribution is 0.462. The summed E-state index contributed by atoms with van der Waals surface area (Å²) in [6, 6.07) is 10.7. The Kier molecular flexibility index (Phi) is 3.20. The third-order valence-electron chi connectivity index (χ3n) is 3.30. The van der Waals surface area contributed by atoms with Crippen LogP contribution in [0.25, 0.3) is 0 Å². The van der Waals surface area contributed by atoms with Crippen molar-refractivity contribution in [1.82, 2.24) is 0 Å². The van der Waals surface area contributed by atoms with Crippen molar-refractivity contribution < 1.29 is 0 Å². The molecule has 2 heteroatoms. The maximum absolute atomic E-state index is 4.73. The average molecular weight is 241 g/mol. The maximum atomic E-state index is 4.73. The average Bonchev–Trinajstić information content (AvgIpc) is 2.80. The molecule has 0 N–H and O–H groups in total. The van der Waals surface area contributed by atoms with Crippen LogP contribution in [-0.2, 0) is 0 Å². The monoisotopic (exact) mass is 241 g/mol. The Labute approximate surface area is 107 Å². The molecule has 3 rings (SSSR count). The van der Waals surface area contributed by atoms with E-state index in [4.69, 9.17) is 4.99 Å². The Bertz CT molecular complexity index is 481. The van der Waals surface area contributed by atoms with Crippen LogP contribution >= 0.6 is 11.8 Å². The maximum Gasteiger partial charge on any atom is 0.142 e. The second kappa shape index (κ2) is 4.98. The summed E-state index contributed by atoms with van der Waals surface area (Å²) in [5, 5.41) is 1.76. The van der Waals surface area contributed by atoms with Gasteiger partial charge in [-0.05, 0) is 30.9 Å². The summed E-state index contributed by atoms with van der Waals surface area (Å²) in [7, 11) is 0. The fourth-order valence-corrected chi connectivity index (χ4v) is 3.63. The third kappa shape index (κ3) is 2.56. The molecule has 17 heavy (non-hydrogen) atoms. The standard InChI is InChI=1S/C15H15NS/c1-2-6-12(7-3-1)10-11-15-16-13-8-4-5-9-14(13)17-15/h1-3,6-7,13-14H,4-5,8-9H2/t13-,14+/m1/s1. The highest BCUT2D eigenvalue weighted by molar-refractivity contribution is 8.15. The first-order valence-electron chi connectivity index (χ1n) is 6.23. The normalized spacial score (nSPS) is 26.7. The summed E-state index contributed by atoms with van der Waals surface area (Å²) in [5.41, 5.74) is 1.07. The summed E-state index contributed by atoms with van der Waals surface area (Å²) < 4.78 is 0. The zero-order valence-electron chi connectivity index (χ0n) is 9.73. The first kappa shape index (κ1) is 10.9. The van der Waals surface area contributed by atoms with Gasteiger partial charge in [-0.25, -0.2) is 0 Å². The van der Waals surface area contributed by atoms with Gasteiger partial charge in [0.1, 0.15) is 5.04 Å². The molecule has 0 amide bonds. The SMILES string of the molecule is C(#Cc1ccccc1)C1=N[C@@H]2CCCC[C@@H]2S1. The topological polar surface area (TPSA) is 12.4 Å². The van der Waals surface area contributed by atoms with Crippen LogP contribution in [0.4, 0.5) is 0 Å². The Morgan fingerprint density at radius 1 is 1.06 bits per heavy atom. The predicted octanol–water partition coefficient (Wildman–Crippen LogP) is 3.49. The van der Waals surface area contributed by atoms with Crippen molar-refractivity contribution in [3.63, 3.8) is 0 Å². The lowest BCUT2D eigenvalue weighted by Crippen LogP contribution is -2.21. The van der Waals surface area contributed by atoms with E-state index in [1.165, 1.54) is 25.7 Å². The van der Waals surface area contributed by atoms with Gasteiger partial charge in [0.15, 0.2) is 0 Å². The first-order chi connectivity index (χ1) is 8.42. The van der Waals surface area contributed by atoms with Crippen LogP contribution in [0.15, 0.2) is 35.3 Å². The number of fused-ring (bicyclic) bond motifs is 1. The van der Waals surface area contributed by atoms with Crippen molar-refractivity contribution in [2.75, 3.05) is 0 Å². The Balaban J connectivity index is 1.73. The number of aliphatic imine (C=N–C) groups is 1. The molecule has 0 unspecified atom stereocenters. The Hall–Kier alpha value is -1.20. The van der Waals surface area contributed by atoms with E-state index >= 15 is 0 Å². The zero-order chi connectivity index (χ0) is 11.5. The number of thioether (sulfide) groups is 1. The first-order valence-corrected chi connectivity index (χ1v) is 7.11. The smallest absolute Gasteiger partial charge is 0.142 e. The molecule has 0 radical (unpaired) electrons.